The van der Waals surface area contributed by atoms with E-state index in [1.165, 1.54) is 0 Å². The number of ether oxygens (including phenoxy) is 1. The molecule has 15 heavy (non-hydrogen) atoms. The van der Waals surface area contributed by atoms with E-state index in [4.69, 9.17) is 9.84 Å². The van der Waals surface area contributed by atoms with E-state index in [2.05, 4.69) is 0 Å². The van der Waals surface area contributed by atoms with Gasteiger partial charge in [-0.15, -0.1) is 0 Å². The first-order chi connectivity index (χ1) is 7.09. The Labute approximate surface area is 89.7 Å². The van der Waals surface area contributed by atoms with Crippen molar-refractivity contribution >= 4 is 5.97 Å². The first-order valence-corrected chi connectivity index (χ1v) is 5.03. The lowest BCUT2D eigenvalue weighted by atomic mass is 10.2. The highest BCUT2D eigenvalue weighted by atomic mass is 16.5. The third kappa shape index (κ3) is 4.02. The van der Waals surface area contributed by atoms with Crippen molar-refractivity contribution in [3.8, 4) is 5.75 Å². The second-order valence-electron chi connectivity index (χ2n) is 3.63. The largest absolute Gasteiger partial charge is 0.490 e. The van der Waals surface area contributed by atoms with Crippen LogP contribution in [0.1, 0.15) is 25.3 Å². The van der Waals surface area contributed by atoms with Crippen molar-refractivity contribution in [2.45, 2.75) is 32.8 Å². The lowest BCUT2D eigenvalue weighted by molar-refractivity contribution is -0.137. The minimum atomic E-state index is -0.782. The molecule has 0 saturated carbocycles. The minimum absolute atomic E-state index is 0.0674. The van der Waals surface area contributed by atoms with Gasteiger partial charge in [-0.05, 0) is 31.9 Å². The van der Waals surface area contributed by atoms with Crippen molar-refractivity contribution < 1.29 is 14.6 Å². The predicted molar refractivity (Wildman–Crippen MR) is 58.1 cm³/mol. The molecule has 0 aliphatic carbocycles. The summed E-state index contributed by atoms with van der Waals surface area (Å²) in [5.74, 6) is 0.0469. The normalized spacial score (nSPS) is 12.1. The molecule has 3 heteroatoms. The summed E-state index contributed by atoms with van der Waals surface area (Å²) in [5.41, 5.74) is 1.07. The fraction of sp³-hybridized carbons (Fsp3) is 0.417. The molecule has 0 aliphatic rings. The van der Waals surface area contributed by atoms with E-state index in [-0.39, 0.29) is 12.5 Å². The zero-order valence-corrected chi connectivity index (χ0v) is 9.06. The molecule has 0 heterocycles. The summed E-state index contributed by atoms with van der Waals surface area (Å²) < 4.78 is 5.63. The van der Waals surface area contributed by atoms with Crippen molar-refractivity contribution in [2.24, 2.45) is 0 Å². The van der Waals surface area contributed by atoms with Gasteiger partial charge in [0, 0.05) is 6.42 Å². The van der Waals surface area contributed by atoms with Crippen LogP contribution in [-0.2, 0) is 4.79 Å². The van der Waals surface area contributed by atoms with E-state index in [9.17, 15) is 4.79 Å². The molecule has 1 N–H and O–H groups in total. The Balaban J connectivity index is 2.47. The van der Waals surface area contributed by atoms with E-state index < -0.39 is 5.97 Å². The van der Waals surface area contributed by atoms with Crippen molar-refractivity contribution in [1.82, 2.24) is 0 Å². The van der Waals surface area contributed by atoms with Crippen LogP contribution < -0.4 is 4.74 Å². The molecule has 0 saturated heterocycles. The summed E-state index contributed by atoms with van der Waals surface area (Å²) in [6.07, 6.45) is 0.610. The Morgan fingerprint density at radius 3 is 2.73 bits per heavy atom. The number of hydrogen-bond acceptors (Lipinski definition) is 2. The molecule has 1 aromatic rings. The average Bonchev–Trinajstić information content (AvgIpc) is 2.18. The highest BCUT2D eigenvalue weighted by Gasteiger charge is 2.07. The molecule has 1 rings (SSSR count). The van der Waals surface area contributed by atoms with E-state index in [0.717, 1.165) is 11.3 Å². The van der Waals surface area contributed by atoms with Crippen LogP contribution in [0.25, 0.3) is 0 Å². The number of aryl methyl sites for hydroxylation is 1. The third-order valence-corrected chi connectivity index (χ3v) is 2.19. The average molecular weight is 208 g/mol. The molecule has 0 aromatic heterocycles. The topological polar surface area (TPSA) is 46.5 Å². The van der Waals surface area contributed by atoms with Crippen LogP contribution in [0, 0.1) is 6.92 Å². The summed E-state index contributed by atoms with van der Waals surface area (Å²) in [7, 11) is 0. The van der Waals surface area contributed by atoms with Crippen molar-refractivity contribution in [3.05, 3.63) is 29.8 Å². The van der Waals surface area contributed by atoms with Crippen LogP contribution >= 0.6 is 0 Å². The Morgan fingerprint density at radius 1 is 1.47 bits per heavy atom. The molecule has 0 bridgehead atoms. The van der Waals surface area contributed by atoms with E-state index in [1.54, 1.807) is 0 Å². The first-order valence-electron chi connectivity index (χ1n) is 5.03. The Bertz CT molecular complexity index is 333. The number of carboxylic acids is 1. The molecule has 1 atom stereocenters. The smallest absolute Gasteiger partial charge is 0.303 e. The van der Waals surface area contributed by atoms with Gasteiger partial charge in [0.25, 0.3) is 0 Å². The maximum Gasteiger partial charge on any atom is 0.303 e. The Hall–Kier alpha value is -1.51. The van der Waals surface area contributed by atoms with Crippen molar-refractivity contribution in [1.29, 1.82) is 0 Å². The molecule has 0 fully saturated rings. The monoisotopic (exact) mass is 208 g/mol. The van der Waals surface area contributed by atoms with Gasteiger partial charge in [-0.25, -0.2) is 0 Å². The molecule has 3 nitrogen and oxygen atoms in total. The minimum Gasteiger partial charge on any atom is -0.490 e. The molecule has 0 amide bonds. The van der Waals surface area contributed by atoms with E-state index in [1.807, 2.05) is 38.1 Å². The van der Waals surface area contributed by atoms with E-state index in [0.29, 0.717) is 6.42 Å². The van der Waals surface area contributed by atoms with Crippen LogP contribution in [0.5, 0.6) is 5.75 Å². The van der Waals surface area contributed by atoms with E-state index >= 15 is 0 Å². The number of para-hydroxylation sites is 1. The Morgan fingerprint density at radius 2 is 2.13 bits per heavy atom. The molecule has 82 valence electrons. The van der Waals surface area contributed by atoms with Gasteiger partial charge >= 0.3 is 5.97 Å². The molecule has 0 spiro atoms. The summed E-state index contributed by atoms with van der Waals surface area (Å²) in [6.45, 7) is 3.86. The quantitative estimate of drug-likeness (QED) is 0.809. The number of hydrogen-bond donors (Lipinski definition) is 1. The molecule has 0 aliphatic heterocycles. The van der Waals surface area contributed by atoms with Gasteiger partial charge in [-0.3, -0.25) is 4.79 Å². The lowest BCUT2D eigenvalue weighted by Crippen LogP contribution is -2.14. The molecular formula is C12H16O3. The van der Waals surface area contributed by atoms with Gasteiger partial charge < -0.3 is 9.84 Å². The lowest BCUT2D eigenvalue weighted by Gasteiger charge is -2.15. The SMILES string of the molecule is Cc1ccccc1OC(C)CCC(=O)O. The zero-order chi connectivity index (χ0) is 11.3. The van der Waals surface area contributed by atoms with Crippen LogP contribution in [0.3, 0.4) is 0 Å². The van der Waals surface area contributed by atoms with Gasteiger partial charge in [0.2, 0.25) is 0 Å². The van der Waals surface area contributed by atoms with Gasteiger partial charge in [-0.1, -0.05) is 18.2 Å². The number of aliphatic carboxylic acids is 1. The van der Waals surface area contributed by atoms with Crippen LogP contribution in [0.2, 0.25) is 0 Å². The molecule has 1 aromatic carbocycles. The van der Waals surface area contributed by atoms with Crippen LogP contribution in [0.15, 0.2) is 24.3 Å². The van der Waals surface area contributed by atoms with Crippen LogP contribution in [-0.4, -0.2) is 17.2 Å². The number of carboxylic acid groups (broad SMARTS) is 1. The molecular weight excluding hydrogens is 192 g/mol. The second-order valence-corrected chi connectivity index (χ2v) is 3.63. The number of benzene rings is 1. The van der Waals surface area contributed by atoms with Crippen molar-refractivity contribution in [3.63, 3.8) is 0 Å². The molecule has 1 unspecified atom stereocenters. The second kappa shape index (κ2) is 5.39. The maximum absolute atomic E-state index is 10.4. The number of carbonyl (C=O) groups is 1. The van der Waals surface area contributed by atoms with Gasteiger partial charge in [0.1, 0.15) is 5.75 Å². The summed E-state index contributed by atoms with van der Waals surface area (Å²) in [6, 6.07) is 7.72. The van der Waals surface area contributed by atoms with Gasteiger partial charge in [0.15, 0.2) is 0 Å². The zero-order valence-electron chi connectivity index (χ0n) is 9.06. The third-order valence-electron chi connectivity index (χ3n) is 2.19. The fourth-order valence-electron chi connectivity index (χ4n) is 1.29. The summed E-state index contributed by atoms with van der Waals surface area (Å²) in [4.78, 5) is 10.4. The summed E-state index contributed by atoms with van der Waals surface area (Å²) >= 11 is 0. The van der Waals surface area contributed by atoms with Crippen molar-refractivity contribution in [2.75, 3.05) is 0 Å². The Kier molecular flexibility index (Phi) is 4.16. The number of rotatable bonds is 5. The van der Waals surface area contributed by atoms with Gasteiger partial charge in [0.05, 0.1) is 6.10 Å². The maximum atomic E-state index is 10.4. The summed E-state index contributed by atoms with van der Waals surface area (Å²) in [5, 5.41) is 8.53. The highest BCUT2D eigenvalue weighted by Crippen LogP contribution is 2.18. The first kappa shape index (κ1) is 11.6. The fourth-order valence-corrected chi connectivity index (χ4v) is 1.29. The standard InChI is InChI=1S/C12H16O3/c1-9-5-3-4-6-11(9)15-10(2)7-8-12(13)14/h3-6,10H,7-8H2,1-2H3,(H,13,14). The van der Waals surface area contributed by atoms with Gasteiger partial charge in [-0.2, -0.15) is 0 Å². The highest BCUT2D eigenvalue weighted by molar-refractivity contribution is 5.66. The van der Waals surface area contributed by atoms with Crippen LogP contribution in [0.4, 0.5) is 0 Å². The molecule has 0 radical (unpaired) electrons. The predicted octanol–water partition coefficient (Wildman–Crippen LogP) is 2.63.